The highest BCUT2D eigenvalue weighted by Gasteiger charge is 2.31. The molecule has 2 atom stereocenters. The molecule has 0 saturated carbocycles. The summed E-state index contributed by atoms with van der Waals surface area (Å²) in [6.45, 7) is 5.23. The molecule has 1 N–H and O–H groups in total. The number of nitrogens with zero attached hydrogens (tertiary/aromatic N) is 2. The summed E-state index contributed by atoms with van der Waals surface area (Å²) in [4.78, 5) is 50.9. The zero-order valence-corrected chi connectivity index (χ0v) is 16.7. The van der Waals surface area contributed by atoms with E-state index in [4.69, 9.17) is 11.6 Å². The summed E-state index contributed by atoms with van der Waals surface area (Å²) in [6.07, 6.45) is 0.785. The highest BCUT2D eigenvalue weighted by molar-refractivity contribution is 6.28. The molecule has 0 unspecified atom stereocenters. The Morgan fingerprint density at radius 1 is 1.08 bits per heavy atom. The van der Waals surface area contributed by atoms with Crippen LogP contribution in [0.5, 0.6) is 0 Å². The molecule has 0 rings (SSSR count). The van der Waals surface area contributed by atoms with Gasteiger partial charge in [-0.1, -0.05) is 13.8 Å². The maximum absolute atomic E-state index is 12.8. The van der Waals surface area contributed by atoms with Crippen molar-refractivity contribution in [1.82, 2.24) is 15.1 Å². The van der Waals surface area contributed by atoms with Crippen molar-refractivity contribution in [2.75, 3.05) is 27.0 Å². The predicted octanol–water partition coefficient (Wildman–Crippen LogP) is 1.04. The minimum atomic E-state index is -0.794. The topological polar surface area (TPSA) is 86.8 Å². The number of hydrogen-bond acceptors (Lipinski definition) is 4. The van der Waals surface area contributed by atoms with Crippen molar-refractivity contribution in [2.24, 2.45) is 5.92 Å². The van der Waals surface area contributed by atoms with E-state index in [1.54, 1.807) is 14.1 Å². The number of alkyl halides is 1. The van der Waals surface area contributed by atoms with Crippen LogP contribution < -0.4 is 5.32 Å². The standard InChI is InChI=1S/C17H30ClN3O4/c1-11(2)9-13(19-12(3)22)17(25)21(6)14(15(23)10-18)7-8-16(24)20(4)5/h11,13-14H,7-10H2,1-6H3,(H,19,22)/t13-,14-/m0/s1. The molecule has 0 spiro atoms. The Hall–Kier alpha value is -1.63. The number of rotatable bonds is 10. The lowest BCUT2D eigenvalue weighted by Gasteiger charge is -2.31. The van der Waals surface area contributed by atoms with Gasteiger partial charge in [0.2, 0.25) is 17.7 Å². The zero-order chi connectivity index (χ0) is 19.7. The lowest BCUT2D eigenvalue weighted by Crippen LogP contribution is -2.52. The third-order valence-corrected chi connectivity index (χ3v) is 4.10. The maximum atomic E-state index is 12.8. The molecule has 25 heavy (non-hydrogen) atoms. The molecule has 0 aromatic carbocycles. The molecule has 0 aromatic heterocycles. The second-order valence-corrected chi connectivity index (χ2v) is 7.04. The van der Waals surface area contributed by atoms with Crippen LogP contribution in [0.1, 0.15) is 40.0 Å². The summed E-state index contributed by atoms with van der Waals surface area (Å²) >= 11 is 5.67. The minimum absolute atomic E-state index is 0.131. The number of likely N-dealkylation sites (N-methyl/N-ethyl adjacent to an activating group) is 1. The fourth-order valence-corrected chi connectivity index (χ4v) is 2.66. The van der Waals surface area contributed by atoms with Gasteiger partial charge in [0.1, 0.15) is 6.04 Å². The zero-order valence-electron chi connectivity index (χ0n) is 16.0. The highest BCUT2D eigenvalue weighted by Crippen LogP contribution is 2.14. The average Bonchev–Trinajstić information content (AvgIpc) is 2.51. The molecule has 144 valence electrons. The van der Waals surface area contributed by atoms with E-state index >= 15 is 0 Å². The highest BCUT2D eigenvalue weighted by atomic mass is 35.5. The number of carbonyl (C=O) groups excluding carboxylic acids is 4. The molecule has 7 nitrogen and oxygen atoms in total. The molecule has 3 amide bonds. The first-order valence-corrected chi connectivity index (χ1v) is 8.87. The van der Waals surface area contributed by atoms with E-state index in [0.717, 1.165) is 0 Å². The maximum Gasteiger partial charge on any atom is 0.245 e. The second-order valence-electron chi connectivity index (χ2n) is 6.77. The van der Waals surface area contributed by atoms with Gasteiger partial charge < -0.3 is 15.1 Å². The smallest absolute Gasteiger partial charge is 0.245 e. The number of carbonyl (C=O) groups is 4. The van der Waals surface area contributed by atoms with Crippen LogP contribution in [-0.4, -0.2) is 72.4 Å². The van der Waals surface area contributed by atoms with Crippen molar-refractivity contribution in [3.05, 3.63) is 0 Å². The Morgan fingerprint density at radius 3 is 2.04 bits per heavy atom. The van der Waals surface area contributed by atoms with Gasteiger partial charge in [-0.3, -0.25) is 19.2 Å². The summed E-state index contributed by atoms with van der Waals surface area (Å²) in [6, 6.07) is -1.50. The molecule has 0 aromatic rings. The normalized spacial score (nSPS) is 13.1. The van der Waals surface area contributed by atoms with Gasteiger partial charge in [0.25, 0.3) is 0 Å². The molecule has 0 radical (unpaired) electrons. The Kier molecular flexibility index (Phi) is 10.4. The van der Waals surface area contributed by atoms with Crippen molar-refractivity contribution in [3.8, 4) is 0 Å². The second kappa shape index (κ2) is 11.1. The minimum Gasteiger partial charge on any atom is -0.349 e. The Labute approximate surface area is 155 Å². The van der Waals surface area contributed by atoms with Gasteiger partial charge in [-0.05, 0) is 18.8 Å². The van der Waals surface area contributed by atoms with E-state index < -0.39 is 12.1 Å². The largest absolute Gasteiger partial charge is 0.349 e. The van der Waals surface area contributed by atoms with Crippen LogP contribution in [0, 0.1) is 5.92 Å². The molecule has 0 fully saturated rings. The van der Waals surface area contributed by atoms with Gasteiger partial charge in [-0.25, -0.2) is 0 Å². The first-order valence-electron chi connectivity index (χ1n) is 8.33. The van der Waals surface area contributed by atoms with Crippen LogP contribution >= 0.6 is 11.6 Å². The SMILES string of the molecule is CC(=O)N[C@@H](CC(C)C)C(=O)N(C)[C@@H](CCC(=O)N(C)C)C(=O)CCl. The van der Waals surface area contributed by atoms with E-state index in [1.807, 2.05) is 13.8 Å². The fourth-order valence-electron chi connectivity index (χ4n) is 2.48. The first-order chi connectivity index (χ1) is 11.5. The first kappa shape index (κ1) is 23.4. The van der Waals surface area contributed by atoms with Crippen LogP contribution in [0.15, 0.2) is 0 Å². The van der Waals surface area contributed by atoms with Crippen molar-refractivity contribution in [1.29, 1.82) is 0 Å². The summed E-state index contributed by atoms with van der Waals surface area (Å²) in [5.74, 6) is -1.18. The monoisotopic (exact) mass is 375 g/mol. The van der Waals surface area contributed by atoms with Crippen molar-refractivity contribution < 1.29 is 19.2 Å². The summed E-state index contributed by atoms with van der Waals surface area (Å²) < 4.78 is 0. The molecule has 0 aliphatic rings. The number of amides is 3. The summed E-state index contributed by atoms with van der Waals surface area (Å²) in [5, 5.41) is 2.64. The molecule has 0 saturated heterocycles. The van der Waals surface area contributed by atoms with Crippen molar-refractivity contribution in [2.45, 2.75) is 52.1 Å². The Bertz CT molecular complexity index is 494. The number of hydrogen-bond donors (Lipinski definition) is 1. The van der Waals surface area contributed by atoms with Gasteiger partial charge in [0.15, 0.2) is 5.78 Å². The summed E-state index contributed by atoms with van der Waals surface area (Å²) in [7, 11) is 4.77. The Morgan fingerprint density at radius 2 is 1.64 bits per heavy atom. The molecule has 0 aliphatic carbocycles. The molecule has 0 heterocycles. The summed E-state index contributed by atoms with van der Waals surface area (Å²) in [5.41, 5.74) is 0. The van der Waals surface area contributed by atoms with Crippen LogP contribution in [0.25, 0.3) is 0 Å². The Balaban J connectivity index is 5.26. The lowest BCUT2D eigenvalue weighted by molar-refractivity contribution is -0.141. The average molecular weight is 376 g/mol. The molecule has 8 heteroatoms. The van der Waals surface area contributed by atoms with E-state index in [1.165, 1.54) is 23.8 Å². The number of nitrogens with one attached hydrogen (secondary N) is 1. The van der Waals surface area contributed by atoms with E-state index in [9.17, 15) is 19.2 Å². The van der Waals surface area contributed by atoms with Crippen molar-refractivity contribution >= 4 is 35.1 Å². The molecule has 0 aliphatic heterocycles. The number of ketones is 1. The van der Waals surface area contributed by atoms with E-state index in [-0.39, 0.29) is 48.1 Å². The van der Waals surface area contributed by atoms with Crippen molar-refractivity contribution in [3.63, 3.8) is 0 Å². The quantitative estimate of drug-likeness (QED) is 0.578. The number of Topliss-reactive ketones (excluding diaryl/α,β-unsaturated/α-hetero) is 1. The van der Waals surface area contributed by atoms with Gasteiger partial charge in [-0.2, -0.15) is 0 Å². The third kappa shape index (κ3) is 8.34. The molecular formula is C17H30ClN3O4. The lowest BCUT2D eigenvalue weighted by atomic mass is 10.00. The van der Waals surface area contributed by atoms with Crippen LogP contribution in [0.2, 0.25) is 0 Å². The molecule has 0 bridgehead atoms. The van der Waals surface area contributed by atoms with Gasteiger partial charge in [0, 0.05) is 34.5 Å². The predicted molar refractivity (Wildman–Crippen MR) is 97.3 cm³/mol. The van der Waals surface area contributed by atoms with Crippen LogP contribution in [-0.2, 0) is 19.2 Å². The fraction of sp³-hybridized carbons (Fsp3) is 0.765. The van der Waals surface area contributed by atoms with E-state index in [2.05, 4.69) is 5.32 Å². The van der Waals surface area contributed by atoms with Gasteiger partial charge >= 0.3 is 0 Å². The third-order valence-electron chi connectivity index (χ3n) is 3.83. The van der Waals surface area contributed by atoms with E-state index in [0.29, 0.717) is 6.42 Å². The molecular weight excluding hydrogens is 346 g/mol. The number of halogens is 1. The van der Waals surface area contributed by atoms with Gasteiger partial charge in [0.05, 0.1) is 11.9 Å². The van der Waals surface area contributed by atoms with Crippen LogP contribution in [0.3, 0.4) is 0 Å². The van der Waals surface area contributed by atoms with Crippen LogP contribution in [0.4, 0.5) is 0 Å². The van der Waals surface area contributed by atoms with Gasteiger partial charge in [-0.15, -0.1) is 11.6 Å².